The van der Waals surface area contributed by atoms with Gasteiger partial charge in [0.1, 0.15) is 11.6 Å². The molecule has 112 valence electrons. The van der Waals surface area contributed by atoms with Crippen LogP contribution < -0.4 is 15.4 Å². The van der Waals surface area contributed by atoms with Gasteiger partial charge < -0.3 is 15.4 Å². The smallest absolute Gasteiger partial charge is 0.124 e. The molecule has 1 aromatic heterocycles. The number of nitrogens with one attached hydrogen (secondary N) is 1. The molecule has 5 heteroatoms. The maximum absolute atomic E-state index is 7.80. The molecule has 0 saturated heterocycles. The van der Waals surface area contributed by atoms with Crippen LogP contribution in [0.2, 0.25) is 0 Å². The van der Waals surface area contributed by atoms with Crippen LogP contribution in [0.5, 0.6) is 5.75 Å². The molecule has 0 amide bonds. The molecule has 0 fully saturated rings. The lowest BCUT2D eigenvalue weighted by Crippen LogP contribution is -2.32. The van der Waals surface area contributed by atoms with Crippen molar-refractivity contribution < 1.29 is 4.74 Å². The minimum Gasteiger partial charge on any atom is -0.497 e. The van der Waals surface area contributed by atoms with Gasteiger partial charge in [-0.2, -0.15) is 0 Å². The predicted octanol–water partition coefficient (Wildman–Crippen LogP) is 3.46. The molecule has 2 aromatic rings. The number of nitrogens with zero attached hydrogens (tertiary/aromatic N) is 1. The van der Waals surface area contributed by atoms with Gasteiger partial charge in [0.15, 0.2) is 0 Å². The molecule has 4 nitrogen and oxygen atoms in total. The summed E-state index contributed by atoms with van der Waals surface area (Å²) in [7, 11) is 1.64. The SMILES string of the molecule is COc1ccc(C(=N)N)c(N(Cc2cccs2)C(C)C)c1. The number of methoxy groups -OCH3 is 1. The maximum Gasteiger partial charge on any atom is 0.124 e. The van der Waals surface area contributed by atoms with Gasteiger partial charge in [0.25, 0.3) is 0 Å². The number of hydrogen-bond acceptors (Lipinski definition) is 4. The summed E-state index contributed by atoms with van der Waals surface area (Å²) in [6.07, 6.45) is 0. The van der Waals surface area contributed by atoms with E-state index in [4.69, 9.17) is 15.9 Å². The molecule has 0 aliphatic rings. The summed E-state index contributed by atoms with van der Waals surface area (Å²) in [4.78, 5) is 3.52. The van der Waals surface area contributed by atoms with Crippen molar-refractivity contribution in [2.75, 3.05) is 12.0 Å². The molecule has 0 aliphatic heterocycles. The van der Waals surface area contributed by atoms with Gasteiger partial charge in [-0.05, 0) is 37.4 Å². The van der Waals surface area contributed by atoms with E-state index in [0.29, 0.717) is 0 Å². The lowest BCUT2D eigenvalue weighted by atomic mass is 10.1. The molecule has 0 bridgehead atoms. The van der Waals surface area contributed by atoms with Crippen molar-refractivity contribution in [3.63, 3.8) is 0 Å². The molecular weight excluding hydrogens is 282 g/mol. The molecule has 0 atom stereocenters. The van der Waals surface area contributed by atoms with Crippen molar-refractivity contribution in [2.24, 2.45) is 5.73 Å². The number of amidine groups is 1. The highest BCUT2D eigenvalue weighted by molar-refractivity contribution is 7.09. The fourth-order valence-corrected chi connectivity index (χ4v) is 2.92. The van der Waals surface area contributed by atoms with Crippen molar-refractivity contribution in [1.82, 2.24) is 0 Å². The lowest BCUT2D eigenvalue weighted by Gasteiger charge is -2.30. The van der Waals surface area contributed by atoms with Crippen molar-refractivity contribution >= 4 is 22.9 Å². The first-order valence-electron chi connectivity index (χ1n) is 6.84. The van der Waals surface area contributed by atoms with E-state index in [2.05, 4.69) is 36.3 Å². The Morgan fingerprint density at radius 3 is 2.67 bits per heavy atom. The zero-order valence-electron chi connectivity index (χ0n) is 12.6. The Morgan fingerprint density at radius 2 is 2.14 bits per heavy atom. The second-order valence-electron chi connectivity index (χ2n) is 5.10. The average molecular weight is 303 g/mol. The van der Waals surface area contributed by atoms with Gasteiger partial charge >= 0.3 is 0 Å². The first kappa shape index (κ1) is 15.4. The first-order valence-corrected chi connectivity index (χ1v) is 7.72. The minimum atomic E-state index is 0.0736. The molecule has 0 aliphatic carbocycles. The highest BCUT2D eigenvalue weighted by Gasteiger charge is 2.18. The van der Waals surface area contributed by atoms with Gasteiger partial charge in [-0.25, -0.2) is 0 Å². The van der Waals surface area contributed by atoms with Crippen molar-refractivity contribution in [2.45, 2.75) is 26.4 Å². The van der Waals surface area contributed by atoms with E-state index in [1.807, 2.05) is 18.2 Å². The summed E-state index contributed by atoms with van der Waals surface area (Å²) in [5.74, 6) is 0.844. The number of hydrogen-bond donors (Lipinski definition) is 2. The van der Waals surface area contributed by atoms with Gasteiger partial charge in [0, 0.05) is 22.5 Å². The van der Waals surface area contributed by atoms with Crippen LogP contribution in [0.15, 0.2) is 35.7 Å². The summed E-state index contributed by atoms with van der Waals surface area (Å²) in [6.45, 7) is 5.07. The monoisotopic (exact) mass is 303 g/mol. The van der Waals surface area contributed by atoms with E-state index in [1.54, 1.807) is 18.4 Å². The quantitative estimate of drug-likeness (QED) is 0.634. The van der Waals surface area contributed by atoms with Crippen LogP contribution in [-0.2, 0) is 6.54 Å². The molecule has 3 N–H and O–H groups in total. The molecular formula is C16H21N3OS. The van der Waals surface area contributed by atoms with Crippen LogP contribution in [-0.4, -0.2) is 19.0 Å². The van der Waals surface area contributed by atoms with E-state index in [1.165, 1.54) is 4.88 Å². The average Bonchev–Trinajstić information content (AvgIpc) is 2.96. The second-order valence-corrected chi connectivity index (χ2v) is 6.13. The first-order chi connectivity index (χ1) is 10.0. The van der Waals surface area contributed by atoms with E-state index in [0.717, 1.165) is 23.5 Å². The van der Waals surface area contributed by atoms with Gasteiger partial charge in [-0.15, -0.1) is 11.3 Å². The Labute approximate surface area is 129 Å². The number of anilines is 1. The molecule has 0 unspecified atom stereocenters. The van der Waals surface area contributed by atoms with E-state index in [-0.39, 0.29) is 11.9 Å². The van der Waals surface area contributed by atoms with Crippen molar-refractivity contribution in [3.05, 3.63) is 46.2 Å². The molecule has 1 aromatic carbocycles. The number of ether oxygens (including phenoxy) is 1. The summed E-state index contributed by atoms with van der Waals surface area (Å²) < 4.78 is 5.32. The lowest BCUT2D eigenvalue weighted by molar-refractivity contribution is 0.414. The second kappa shape index (κ2) is 6.63. The van der Waals surface area contributed by atoms with E-state index in [9.17, 15) is 0 Å². The third-order valence-corrected chi connectivity index (χ3v) is 4.20. The van der Waals surface area contributed by atoms with Crippen molar-refractivity contribution in [3.8, 4) is 5.75 Å². The Kier molecular flexibility index (Phi) is 4.85. The molecule has 2 rings (SSSR count). The maximum atomic E-state index is 7.80. The number of nitrogens with two attached hydrogens (primary N) is 1. The zero-order valence-corrected chi connectivity index (χ0v) is 13.4. The third kappa shape index (κ3) is 3.55. The number of nitrogen functional groups attached to an aromatic ring is 1. The van der Waals surface area contributed by atoms with Crippen LogP contribution in [0, 0.1) is 5.41 Å². The Hall–Kier alpha value is -2.01. The molecule has 0 radical (unpaired) electrons. The highest BCUT2D eigenvalue weighted by Crippen LogP contribution is 2.29. The van der Waals surface area contributed by atoms with Crippen LogP contribution in [0.1, 0.15) is 24.3 Å². The third-order valence-electron chi connectivity index (χ3n) is 3.33. The summed E-state index contributed by atoms with van der Waals surface area (Å²) >= 11 is 1.73. The fourth-order valence-electron chi connectivity index (χ4n) is 2.22. The standard InChI is InChI=1S/C16H21N3OS/c1-11(2)19(10-13-5-4-8-21-13)15-9-12(20-3)6-7-14(15)16(17)18/h4-9,11H,10H2,1-3H3,(H3,17,18). The topological polar surface area (TPSA) is 62.3 Å². The van der Waals surface area contributed by atoms with E-state index < -0.39 is 0 Å². The van der Waals surface area contributed by atoms with Crippen LogP contribution >= 0.6 is 11.3 Å². The zero-order chi connectivity index (χ0) is 15.4. The molecule has 0 saturated carbocycles. The summed E-state index contributed by atoms with van der Waals surface area (Å²) in [5, 5.41) is 9.88. The minimum absolute atomic E-state index is 0.0736. The summed E-state index contributed by atoms with van der Waals surface area (Å²) in [6, 6.07) is 10.1. The molecule has 0 spiro atoms. The van der Waals surface area contributed by atoms with Gasteiger partial charge in [0.05, 0.1) is 19.3 Å². The normalized spacial score (nSPS) is 10.7. The molecule has 1 heterocycles. The Balaban J connectivity index is 2.45. The van der Waals surface area contributed by atoms with Crippen LogP contribution in [0.3, 0.4) is 0 Å². The van der Waals surface area contributed by atoms with Gasteiger partial charge in [0.2, 0.25) is 0 Å². The summed E-state index contributed by atoms with van der Waals surface area (Å²) in [5.41, 5.74) is 7.41. The van der Waals surface area contributed by atoms with Crippen LogP contribution in [0.25, 0.3) is 0 Å². The highest BCUT2D eigenvalue weighted by atomic mass is 32.1. The largest absolute Gasteiger partial charge is 0.497 e. The Morgan fingerprint density at radius 1 is 1.38 bits per heavy atom. The van der Waals surface area contributed by atoms with Gasteiger partial charge in [-0.1, -0.05) is 6.07 Å². The number of rotatable bonds is 6. The van der Waals surface area contributed by atoms with Crippen molar-refractivity contribution in [1.29, 1.82) is 5.41 Å². The Bertz CT molecular complexity index is 608. The molecule has 21 heavy (non-hydrogen) atoms. The predicted molar refractivity (Wildman–Crippen MR) is 89.6 cm³/mol. The number of thiophene rings is 1. The van der Waals surface area contributed by atoms with E-state index >= 15 is 0 Å². The number of benzene rings is 1. The van der Waals surface area contributed by atoms with Gasteiger partial charge in [-0.3, -0.25) is 5.41 Å². The van der Waals surface area contributed by atoms with Crippen LogP contribution in [0.4, 0.5) is 5.69 Å². The fraction of sp³-hybridized carbons (Fsp3) is 0.312.